The first kappa shape index (κ1) is 15.2. The Hall–Kier alpha value is -1.16. The van der Waals surface area contributed by atoms with E-state index in [4.69, 9.17) is 14.6 Å². The minimum absolute atomic E-state index is 0.000205. The average molecular weight is 364 g/mol. The van der Waals surface area contributed by atoms with Crippen molar-refractivity contribution in [1.82, 2.24) is 9.71 Å². The molecule has 9 heteroatoms. The molecule has 2 aromatic heterocycles. The van der Waals surface area contributed by atoms with Crippen LogP contribution in [-0.4, -0.2) is 13.4 Å². The van der Waals surface area contributed by atoms with Gasteiger partial charge in [-0.1, -0.05) is 6.92 Å². The fourth-order valence-corrected chi connectivity index (χ4v) is 3.48. The van der Waals surface area contributed by atoms with Crippen molar-refractivity contribution in [2.45, 2.75) is 31.3 Å². The molecule has 0 aromatic carbocycles. The van der Waals surface area contributed by atoms with Gasteiger partial charge in [0.2, 0.25) is 15.9 Å². The van der Waals surface area contributed by atoms with Crippen LogP contribution in [0.25, 0.3) is 0 Å². The summed E-state index contributed by atoms with van der Waals surface area (Å²) in [6.45, 7) is 2.01. The number of furan rings is 1. The van der Waals surface area contributed by atoms with Gasteiger partial charge >= 0.3 is 0 Å². The topological polar surface area (TPSA) is 111 Å². The van der Waals surface area contributed by atoms with Crippen LogP contribution >= 0.6 is 15.9 Å². The number of aryl methyl sites for hydroxylation is 1. The van der Waals surface area contributed by atoms with Crippen LogP contribution in [0.15, 0.2) is 30.7 Å². The Balaban J connectivity index is 2.12. The third-order valence-corrected chi connectivity index (χ3v) is 4.82. The molecule has 0 radical (unpaired) electrons. The summed E-state index contributed by atoms with van der Waals surface area (Å²) >= 11 is 3.05. The van der Waals surface area contributed by atoms with Gasteiger partial charge in [0.05, 0.1) is 19.3 Å². The smallest absolute Gasteiger partial charge is 0.245 e. The fourth-order valence-electron chi connectivity index (χ4n) is 1.51. The standard InChI is InChI=1S/C11H14BrN3O4S/c1-2-7-5-14-10(18-7)6-15-20(16,17)9-3-8(4-13)19-11(9)12/h3,5,15H,2,4,6,13H2,1H3. The number of nitrogens with zero attached hydrogens (tertiary/aromatic N) is 1. The lowest BCUT2D eigenvalue weighted by Crippen LogP contribution is -2.23. The molecule has 0 unspecified atom stereocenters. The summed E-state index contributed by atoms with van der Waals surface area (Å²) in [6, 6.07) is 1.37. The molecule has 110 valence electrons. The van der Waals surface area contributed by atoms with Crippen LogP contribution in [0.4, 0.5) is 0 Å². The SMILES string of the molecule is CCc1cnc(CNS(=O)(=O)c2cc(CN)oc2Br)o1. The number of hydrogen-bond acceptors (Lipinski definition) is 6. The normalized spacial score (nSPS) is 11.9. The maximum absolute atomic E-state index is 12.1. The molecule has 20 heavy (non-hydrogen) atoms. The van der Waals surface area contributed by atoms with Gasteiger partial charge in [0.15, 0.2) is 4.67 Å². The predicted molar refractivity (Wildman–Crippen MR) is 74.2 cm³/mol. The average Bonchev–Trinajstić information content (AvgIpc) is 3.02. The first-order valence-corrected chi connectivity index (χ1v) is 8.15. The maximum Gasteiger partial charge on any atom is 0.245 e. The summed E-state index contributed by atoms with van der Waals surface area (Å²) in [6.07, 6.45) is 2.27. The van der Waals surface area contributed by atoms with E-state index in [-0.39, 0.29) is 22.7 Å². The predicted octanol–water partition coefficient (Wildman–Crippen LogP) is 1.53. The zero-order valence-electron chi connectivity index (χ0n) is 10.7. The van der Waals surface area contributed by atoms with Crippen LogP contribution in [0, 0.1) is 0 Å². The Kier molecular flexibility index (Phi) is 4.63. The number of halogens is 1. The van der Waals surface area contributed by atoms with Gasteiger partial charge in [0.1, 0.15) is 16.4 Å². The van der Waals surface area contributed by atoms with Gasteiger partial charge < -0.3 is 14.6 Å². The van der Waals surface area contributed by atoms with Gasteiger partial charge in [0.25, 0.3) is 0 Å². The van der Waals surface area contributed by atoms with Crippen molar-refractivity contribution < 1.29 is 17.3 Å². The minimum atomic E-state index is -3.72. The van der Waals surface area contributed by atoms with Gasteiger partial charge in [-0.15, -0.1) is 0 Å². The van der Waals surface area contributed by atoms with E-state index < -0.39 is 10.0 Å². The number of rotatable bonds is 6. The molecular formula is C11H14BrN3O4S. The van der Waals surface area contributed by atoms with Crippen molar-refractivity contribution in [3.63, 3.8) is 0 Å². The Morgan fingerprint density at radius 1 is 1.40 bits per heavy atom. The molecular weight excluding hydrogens is 350 g/mol. The summed E-state index contributed by atoms with van der Waals surface area (Å²) in [5.74, 6) is 1.39. The molecule has 2 heterocycles. The molecule has 0 atom stereocenters. The van der Waals surface area contributed by atoms with Crippen LogP contribution in [-0.2, 0) is 29.5 Å². The fraction of sp³-hybridized carbons (Fsp3) is 0.364. The van der Waals surface area contributed by atoms with Crippen molar-refractivity contribution in [3.8, 4) is 0 Å². The highest BCUT2D eigenvalue weighted by Gasteiger charge is 2.22. The van der Waals surface area contributed by atoms with Crippen molar-refractivity contribution >= 4 is 26.0 Å². The highest BCUT2D eigenvalue weighted by molar-refractivity contribution is 9.10. The zero-order chi connectivity index (χ0) is 14.8. The molecule has 3 N–H and O–H groups in total. The van der Waals surface area contributed by atoms with Gasteiger partial charge in [-0.05, 0) is 15.9 Å². The number of aromatic nitrogens is 1. The molecule has 0 saturated heterocycles. The number of oxazole rings is 1. The van der Waals surface area contributed by atoms with Crippen molar-refractivity contribution in [2.24, 2.45) is 5.73 Å². The van der Waals surface area contributed by atoms with Gasteiger partial charge in [-0.2, -0.15) is 0 Å². The first-order valence-electron chi connectivity index (χ1n) is 5.87. The van der Waals surface area contributed by atoms with E-state index in [1.54, 1.807) is 6.20 Å². The first-order chi connectivity index (χ1) is 9.46. The molecule has 0 aliphatic rings. The van der Waals surface area contributed by atoms with Gasteiger partial charge in [-0.3, -0.25) is 0 Å². The number of hydrogen-bond donors (Lipinski definition) is 2. The lowest BCUT2D eigenvalue weighted by Gasteiger charge is -2.02. The molecule has 0 aliphatic carbocycles. The Bertz CT molecular complexity index is 692. The van der Waals surface area contributed by atoms with E-state index in [9.17, 15) is 8.42 Å². The van der Waals surface area contributed by atoms with E-state index >= 15 is 0 Å². The van der Waals surface area contributed by atoms with E-state index in [0.717, 1.165) is 0 Å². The molecule has 0 bridgehead atoms. The third kappa shape index (κ3) is 3.29. The molecule has 0 aliphatic heterocycles. The molecule has 7 nitrogen and oxygen atoms in total. The van der Waals surface area contributed by atoms with E-state index in [1.165, 1.54) is 6.07 Å². The maximum atomic E-state index is 12.1. The summed E-state index contributed by atoms with van der Waals surface area (Å²) in [5, 5.41) is 0. The van der Waals surface area contributed by atoms with Crippen LogP contribution in [0.5, 0.6) is 0 Å². The van der Waals surface area contributed by atoms with E-state index in [2.05, 4.69) is 25.6 Å². The number of nitrogens with two attached hydrogens (primary N) is 1. The largest absolute Gasteiger partial charge is 0.452 e. The van der Waals surface area contributed by atoms with Crippen molar-refractivity contribution in [2.75, 3.05) is 0 Å². The Labute approximate surface area is 124 Å². The molecule has 0 fully saturated rings. The summed E-state index contributed by atoms with van der Waals surface area (Å²) < 4.78 is 37.2. The third-order valence-electron chi connectivity index (χ3n) is 2.56. The van der Waals surface area contributed by atoms with Crippen LogP contribution in [0.2, 0.25) is 0 Å². The molecule has 2 rings (SSSR count). The molecule has 0 amide bonds. The zero-order valence-corrected chi connectivity index (χ0v) is 13.1. The van der Waals surface area contributed by atoms with Crippen molar-refractivity contribution in [3.05, 3.63) is 34.3 Å². The Morgan fingerprint density at radius 3 is 2.70 bits per heavy atom. The summed E-state index contributed by atoms with van der Waals surface area (Å²) in [5.41, 5.74) is 5.40. The van der Waals surface area contributed by atoms with E-state index in [1.807, 2.05) is 6.92 Å². The second-order valence-corrected chi connectivity index (χ2v) is 6.41. The minimum Gasteiger partial charge on any atom is -0.452 e. The lowest BCUT2D eigenvalue weighted by molar-refractivity contribution is 0.451. The van der Waals surface area contributed by atoms with Crippen LogP contribution < -0.4 is 10.5 Å². The monoisotopic (exact) mass is 363 g/mol. The van der Waals surface area contributed by atoms with Crippen LogP contribution in [0.1, 0.15) is 24.3 Å². The number of nitrogens with one attached hydrogen (secondary N) is 1. The van der Waals surface area contributed by atoms with Crippen LogP contribution in [0.3, 0.4) is 0 Å². The molecule has 0 saturated carbocycles. The number of sulfonamides is 1. The summed E-state index contributed by atoms with van der Waals surface area (Å²) in [7, 11) is -3.72. The second kappa shape index (κ2) is 6.08. The van der Waals surface area contributed by atoms with E-state index in [0.29, 0.717) is 23.8 Å². The quantitative estimate of drug-likeness (QED) is 0.804. The highest BCUT2D eigenvalue weighted by atomic mass is 79.9. The summed E-state index contributed by atoms with van der Waals surface area (Å²) in [4.78, 5) is 3.98. The second-order valence-electron chi connectivity index (χ2n) is 3.95. The highest BCUT2D eigenvalue weighted by Crippen LogP contribution is 2.25. The molecule has 0 spiro atoms. The Morgan fingerprint density at radius 2 is 2.15 bits per heavy atom. The molecule has 2 aromatic rings. The van der Waals surface area contributed by atoms with Gasteiger partial charge in [-0.25, -0.2) is 18.1 Å². The van der Waals surface area contributed by atoms with Gasteiger partial charge in [0, 0.05) is 12.5 Å². The van der Waals surface area contributed by atoms with Crippen molar-refractivity contribution in [1.29, 1.82) is 0 Å². The lowest BCUT2D eigenvalue weighted by atomic mass is 10.4.